The number of benzene rings is 1. The van der Waals surface area contributed by atoms with Crippen LogP contribution in [0.4, 0.5) is 13.2 Å². The highest BCUT2D eigenvalue weighted by Gasteiger charge is 2.35. The van der Waals surface area contributed by atoms with Crippen molar-refractivity contribution in [1.29, 1.82) is 0 Å². The molecule has 1 aromatic heterocycles. The Labute approximate surface area is 154 Å². The number of alkyl halides is 3. The fraction of sp³-hybridized carbons (Fsp3) is 0.368. The zero-order valence-electron chi connectivity index (χ0n) is 14.5. The molecule has 0 bridgehead atoms. The van der Waals surface area contributed by atoms with Gasteiger partial charge in [-0.2, -0.15) is 13.2 Å². The molecule has 144 valence electrons. The van der Waals surface area contributed by atoms with Crippen LogP contribution in [0.15, 0.2) is 47.3 Å². The summed E-state index contributed by atoms with van der Waals surface area (Å²) >= 11 is 0. The molecular weight excluding hydrogens is 361 g/mol. The third-order valence-corrected chi connectivity index (χ3v) is 4.70. The van der Waals surface area contributed by atoms with Gasteiger partial charge >= 0.3 is 6.18 Å². The van der Waals surface area contributed by atoms with Gasteiger partial charge in [0.2, 0.25) is 0 Å². The van der Waals surface area contributed by atoms with Crippen molar-refractivity contribution in [3.63, 3.8) is 0 Å². The maximum absolute atomic E-state index is 13.0. The second-order valence-corrected chi connectivity index (χ2v) is 6.50. The number of carbonyl (C=O) groups is 2. The third kappa shape index (κ3) is 4.50. The van der Waals surface area contributed by atoms with Crippen molar-refractivity contribution in [2.24, 2.45) is 5.92 Å². The van der Waals surface area contributed by atoms with Crippen LogP contribution in [-0.2, 0) is 6.18 Å². The summed E-state index contributed by atoms with van der Waals surface area (Å²) in [5.41, 5.74) is -0.828. The van der Waals surface area contributed by atoms with Crippen LogP contribution < -0.4 is 5.32 Å². The molecule has 8 heteroatoms. The van der Waals surface area contributed by atoms with Crippen LogP contribution in [-0.4, -0.2) is 36.3 Å². The fourth-order valence-corrected chi connectivity index (χ4v) is 3.17. The minimum atomic E-state index is -4.58. The fourth-order valence-electron chi connectivity index (χ4n) is 3.17. The van der Waals surface area contributed by atoms with Crippen molar-refractivity contribution in [3.8, 4) is 0 Å². The van der Waals surface area contributed by atoms with Gasteiger partial charge in [-0.15, -0.1) is 0 Å². The van der Waals surface area contributed by atoms with E-state index >= 15 is 0 Å². The van der Waals surface area contributed by atoms with Crippen molar-refractivity contribution >= 4 is 11.8 Å². The Morgan fingerprint density at radius 1 is 1.15 bits per heavy atom. The van der Waals surface area contributed by atoms with Gasteiger partial charge < -0.3 is 14.6 Å². The minimum Gasteiger partial charge on any atom is -0.472 e. The molecule has 5 nitrogen and oxygen atoms in total. The van der Waals surface area contributed by atoms with Gasteiger partial charge in [-0.3, -0.25) is 9.59 Å². The highest BCUT2D eigenvalue weighted by Crippen LogP contribution is 2.31. The van der Waals surface area contributed by atoms with E-state index in [1.54, 1.807) is 11.0 Å². The molecule has 27 heavy (non-hydrogen) atoms. The molecule has 0 aliphatic carbocycles. The van der Waals surface area contributed by atoms with Gasteiger partial charge in [-0.1, -0.05) is 12.1 Å². The lowest BCUT2D eigenvalue weighted by molar-refractivity contribution is -0.137. The lowest BCUT2D eigenvalue weighted by atomic mass is 9.96. The third-order valence-electron chi connectivity index (χ3n) is 4.70. The number of amides is 2. The van der Waals surface area contributed by atoms with Crippen LogP contribution in [0.3, 0.4) is 0 Å². The van der Waals surface area contributed by atoms with Crippen LogP contribution >= 0.6 is 0 Å². The van der Waals surface area contributed by atoms with Gasteiger partial charge in [0.05, 0.1) is 23.0 Å². The quantitative estimate of drug-likeness (QED) is 0.882. The number of hydrogen-bond acceptors (Lipinski definition) is 3. The lowest BCUT2D eigenvalue weighted by Crippen LogP contribution is -2.41. The smallest absolute Gasteiger partial charge is 0.417 e. The topological polar surface area (TPSA) is 62.6 Å². The minimum absolute atomic E-state index is 0.106. The summed E-state index contributed by atoms with van der Waals surface area (Å²) in [6.45, 7) is 1.34. The van der Waals surface area contributed by atoms with Crippen molar-refractivity contribution in [1.82, 2.24) is 10.2 Å². The number of furan rings is 1. The first-order chi connectivity index (χ1) is 12.9. The van der Waals surface area contributed by atoms with E-state index in [-0.39, 0.29) is 23.9 Å². The number of rotatable bonds is 4. The number of carbonyl (C=O) groups excluding carboxylic acids is 2. The maximum Gasteiger partial charge on any atom is 0.417 e. The van der Waals surface area contributed by atoms with Crippen LogP contribution in [0.1, 0.15) is 39.1 Å². The predicted molar refractivity (Wildman–Crippen MR) is 91.1 cm³/mol. The molecule has 0 radical (unpaired) electrons. The molecule has 0 unspecified atom stereocenters. The Morgan fingerprint density at radius 3 is 2.48 bits per heavy atom. The van der Waals surface area contributed by atoms with Gasteiger partial charge in [0.25, 0.3) is 11.8 Å². The van der Waals surface area contributed by atoms with Gasteiger partial charge in [-0.25, -0.2) is 0 Å². The van der Waals surface area contributed by atoms with Crippen molar-refractivity contribution in [3.05, 3.63) is 59.5 Å². The van der Waals surface area contributed by atoms with Crippen LogP contribution in [0.25, 0.3) is 0 Å². The standard InChI is InChI=1S/C19H19F3N2O3/c20-19(21,22)16-4-2-1-3-15(16)17(25)23-11-13-5-8-24(9-6-13)18(26)14-7-10-27-12-14/h1-4,7,10,12-13H,5-6,8-9,11H2,(H,23,25). The number of nitrogens with one attached hydrogen (secondary N) is 1. The van der Waals surface area contributed by atoms with E-state index in [0.717, 1.165) is 6.07 Å². The maximum atomic E-state index is 13.0. The molecule has 1 N–H and O–H groups in total. The van der Waals surface area contributed by atoms with Gasteiger partial charge in [-0.05, 0) is 37.0 Å². The molecule has 1 fully saturated rings. The SMILES string of the molecule is O=C(NCC1CCN(C(=O)c2ccoc2)CC1)c1ccccc1C(F)(F)F. The molecule has 3 rings (SSSR count). The van der Waals surface area contributed by atoms with Gasteiger partial charge in [0.1, 0.15) is 6.26 Å². The zero-order chi connectivity index (χ0) is 19.4. The van der Waals surface area contributed by atoms with E-state index in [1.807, 2.05) is 0 Å². The number of piperidine rings is 1. The molecular formula is C19H19F3N2O3. The molecule has 1 aliphatic heterocycles. The number of nitrogens with zero attached hydrogens (tertiary/aromatic N) is 1. The van der Waals surface area contributed by atoms with Crippen LogP contribution in [0, 0.1) is 5.92 Å². The van der Waals surface area contributed by atoms with Gasteiger partial charge in [0.15, 0.2) is 0 Å². The second-order valence-electron chi connectivity index (χ2n) is 6.50. The summed E-state index contributed by atoms with van der Waals surface area (Å²) in [4.78, 5) is 26.1. The summed E-state index contributed by atoms with van der Waals surface area (Å²) in [5.74, 6) is -0.731. The molecule has 0 atom stereocenters. The Hall–Kier alpha value is -2.77. The van der Waals surface area contributed by atoms with E-state index in [2.05, 4.69) is 5.32 Å². The number of hydrogen-bond donors (Lipinski definition) is 1. The highest BCUT2D eigenvalue weighted by molar-refractivity contribution is 5.96. The summed E-state index contributed by atoms with van der Waals surface area (Å²) in [6.07, 6.45) is -0.399. The average Bonchev–Trinajstić information content (AvgIpc) is 3.20. The lowest BCUT2D eigenvalue weighted by Gasteiger charge is -2.31. The first-order valence-electron chi connectivity index (χ1n) is 8.62. The zero-order valence-corrected chi connectivity index (χ0v) is 14.5. The van der Waals surface area contributed by atoms with Crippen LogP contribution in [0.2, 0.25) is 0 Å². The number of halogens is 3. The van der Waals surface area contributed by atoms with E-state index in [1.165, 1.54) is 30.7 Å². The molecule has 1 aromatic carbocycles. The average molecular weight is 380 g/mol. The Kier molecular flexibility index (Phi) is 5.53. The Balaban J connectivity index is 1.52. The first-order valence-corrected chi connectivity index (χ1v) is 8.62. The Bertz CT molecular complexity index is 795. The van der Waals surface area contributed by atoms with E-state index in [4.69, 9.17) is 4.42 Å². The van der Waals surface area contributed by atoms with E-state index < -0.39 is 17.6 Å². The summed E-state index contributed by atoms with van der Waals surface area (Å²) in [5, 5.41) is 2.60. The van der Waals surface area contributed by atoms with Crippen LogP contribution in [0.5, 0.6) is 0 Å². The Morgan fingerprint density at radius 2 is 1.85 bits per heavy atom. The molecule has 2 amide bonds. The molecule has 2 heterocycles. The van der Waals surface area contributed by atoms with Crippen molar-refractivity contribution in [2.75, 3.05) is 19.6 Å². The predicted octanol–water partition coefficient (Wildman–Crippen LogP) is 3.58. The van der Waals surface area contributed by atoms with Crippen molar-refractivity contribution < 1.29 is 27.2 Å². The molecule has 0 spiro atoms. The van der Waals surface area contributed by atoms with E-state index in [9.17, 15) is 22.8 Å². The van der Waals surface area contributed by atoms with Gasteiger partial charge in [0, 0.05) is 19.6 Å². The molecule has 1 aliphatic rings. The largest absolute Gasteiger partial charge is 0.472 e. The number of likely N-dealkylation sites (tertiary alicyclic amines) is 1. The summed E-state index contributed by atoms with van der Waals surface area (Å²) in [6, 6.07) is 6.34. The monoisotopic (exact) mass is 380 g/mol. The molecule has 0 saturated carbocycles. The second kappa shape index (κ2) is 7.85. The first kappa shape index (κ1) is 19.0. The summed E-state index contributed by atoms with van der Waals surface area (Å²) < 4.78 is 44.0. The normalized spacial score (nSPS) is 15.6. The van der Waals surface area contributed by atoms with E-state index in [0.29, 0.717) is 31.5 Å². The molecule has 1 saturated heterocycles. The summed E-state index contributed by atoms with van der Waals surface area (Å²) in [7, 11) is 0. The van der Waals surface area contributed by atoms with Crippen molar-refractivity contribution in [2.45, 2.75) is 19.0 Å². The highest BCUT2D eigenvalue weighted by atomic mass is 19.4. The molecule has 2 aromatic rings.